The van der Waals surface area contributed by atoms with Gasteiger partial charge in [0.15, 0.2) is 5.75 Å². The van der Waals surface area contributed by atoms with Crippen molar-refractivity contribution in [3.8, 4) is 28.6 Å². The van der Waals surface area contributed by atoms with E-state index in [4.69, 9.17) is 21.1 Å². The number of nitrogens with zero attached hydrogens (tertiary/aromatic N) is 3. The Morgan fingerprint density at radius 1 is 1.31 bits per heavy atom. The van der Waals surface area contributed by atoms with E-state index in [-0.39, 0.29) is 82.8 Å². The number of hydrogen-bond donors (Lipinski definition) is 1. The number of aromatic nitrogens is 1. The molecule has 4 rings (SSSR count). The number of hydrogen-bond acceptors (Lipinski definition) is 6. The summed E-state index contributed by atoms with van der Waals surface area (Å²) in [4.78, 5) is 34.0. The average molecular weight is 560 g/mol. The predicted octanol–water partition coefficient (Wildman–Crippen LogP) is 5.46. The number of benzene rings is 1. The molecule has 1 aromatic heterocycles. The van der Waals surface area contributed by atoms with Crippen LogP contribution in [-0.4, -0.2) is 70.1 Å². The number of halogens is 2. The van der Waals surface area contributed by atoms with E-state index < -0.39 is 11.9 Å². The number of phenols is 1. The van der Waals surface area contributed by atoms with E-state index >= 15 is 0 Å². The zero-order valence-corrected chi connectivity index (χ0v) is 23.3. The standard InChI is InChI=1S/C29H35ClFN3O5/c1-5-9-18(10-6-2)17(4)39-28-24-27(25(30)26(32-28)23-20(31)11-8-12-21(23)35)38-16-19-15-33(22(36)7-3)13-14-34(19)29(24)37/h7-8,11-12,17-19,35H,3,5-6,9-10,13-16H2,1-2,4H3/t17?,19-/m1/s1. The van der Waals surface area contributed by atoms with E-state index in [1.807, 2.05) is 6.92 Å². The van der Waals surface area contributed by atoms with Crippen LogP contribution in [0.15, 0.2) is 30.9 Å². The highest BCUT2D eigenvalue weighted by molar-refractivity contribution is 6.35. The Labute approximate surface area is 233 Å². The summed E-state index contributed by atoms with van der Waals surface area (Å²) < 4.78 is 27.5. The lowest BCUT2D eigenvalue weighted by Crippen LogP contribution is -2.57. The fourth-order valence-corrected chi connectivity index (χ4v) is 5.67. The molecule has 8 nitrogen and oxygen atoms in total. The van der Waals surface area contributed by atoms with Gasteiger partial charge in [-0.25, -0.2) is 9.37 Å². The number of carbonyl (C=O) groups is 2. The fraction of sp³-hybridized carbons (Fsp3) is 0.483. The molecule has 1 N–H and O–H groups in total. The summed E-state index contributed by atoms with van der Waals surface area (Å²) in [5.41, 5.74) is -0.224. The van der Waals surface area contributed by atoms with Gasteiger partial charge in [-0.3, -0.25) is 9.59 Å². The van der Waals surface area contributed by atoms with Gasteiger partial charge in [-0.15, -0.1) is 0 Å². The van der Waals surface area contributed by atoms with Crippen molar-refractivity contribution in [3.63, 3.8) is 0 Å². The quantitative estimate of drug-likeness (QED) is 0.410. The van der Waals surface area contributed by atoms with Crippen LogP contribution in [0.25, 0.3) is 11.3 Å². The van der Waals surface area contributed by atoms with Crippen molar-refractivity contribution >= 4 is 23.4 Å². The van der Waals surface area contributed by atoms with Crippen LogP contribution in [-0.2, 0) is 4.79 Å². The lowest BCUT2D eigenvalue weighted by molar-refractivity contribution is -0.128. The Balaban J connectivity index is 1.83. The van der Waals surface area contributed by atoms with Crippen LogP contribution in [0.5, 0.6) is 17.4 Å². The molecule has 2 atom stereocenters. The van der Waals surface area contributed by atoms with Crippen LogP contribution < -0.4 is 9.47 Å². The molecule has 1 saturated heterocycles. The smallest absolute Gasteiger partial charge is 0.263 e. The molecule has 2 aliphatic rings. The zero-order valence-electron chi connectivity index (χ0n) is 22.6. The lowest BCUT2D eigenvalue weighted by Gasteiger charge is -2.39. The number of rotatable bonds is 9. The van der Waals surface area contributed by atoms with E-state index in [1.165, 1.54) is 24.3 Å². The molecule has 2 amide bonds. The van der Waals surface area contributed by atoms with Gasteiger partial charge in [-0.2, -0.15) is 0 Å². The highest BCUT2D eigenvalue weighted by Gasteiger charge is 2.41. The van der Waals surface area contributed by atoms with Gasteiger partial charge in [-0.05, 0) is 43.9 Å². The molecular weight excluding hydrogens is 525 g/mol. The number of aromatic hydroxyl groups is 1. The van der Waals surface area contributed by atoms with Crippen molar-refractivity contribution < 1.29 is 28.6 Å². The summed E-state index contributed by atoms with van der Waals surface area (Å²) in [6, 6.07) is 3.46. The van der Waals surface area contributed by atoms with Crippen LogP contribution >= 0.6 is 11.6 Å². The second-order valence-electron chi connectivity index (χ2n) is 10.0. The molecule has 210 valence electrons. The van der Waals surface area contributed by atoms with Crippen LogP contribution in [0, 0.1) is 11.7 Å². The Morgan fingerprint density at radius 2 is 2.03 bits per heavy atom. The average Bonchev–Trinajstić information content (AvgIpc) is 3.06. The molecular formula is C29H35ClFN3O5. The minimum absolute atomic E-state index is 0.0213. The van der Waals surface area contributed by atoms with Crippen molar-refractivity contribution in [2.45, 2.75) is 58.6 Å². The first-order valence-electron chi connectivity index (χ1n) is 13.4. The van der Waals surface area contributed by atoms with E-state index in [2.05, 4.69) is 25.4 Å². The maximum Gasteiger partial charge on any atom is 0.263 e. The normalized spacial score (nSPS) is 17.7. The van der Waals surface area contributed by atoms with Crippen molar-refractivity contribution in [3.05, 3.63) is 47.3 Å². The van der Waals surface area contributed by atoms with Crippen molar-refractivity contribution in [2.24, 2.45) is 5.92 Å². The molecule has 39 heavy (non-hydrogen) atoms. The summed E-state index contributed by atoms with van der Waals surface area (Å²) in [6.07, 6.45) is 4.73. The fourth-order valence-electron chi connectivity index (χ4n) is 5.39. The molecule has 0 bridgehead atoms. The maximum absolute atomic E-state index is 15.0. The number of fused-ring (bicyclic) bond motifs is 2. The van der Waals surface area contributed by atoms with Gasteiger partial charge < -0.3 is 24.4 Å². The monoisotopic (exact) mass is 559 g/mol. The molecule has 0 spiro atoms. The van der Waals surface area contributed by atoms with E-state index in [0.29, 0.717) is 6.54 Å². The van der Waals surface area contributed by atoms with Crippen LogP contribution in [0.2, 0.25) is 5.02 Å². The lowest BCUT2D eigenvalue weighted by atomic mass is 9.93. The summed E-state index contributed by atoms with van der Waals surface area (Å²) in [5, 5.41) is 10.4. The SMILES string of the molecule is C=CC(=O)N1CCN2C(=O)c3c(OC(C)C(CCC)CCC)nc(-c4c(O)cccc4F)c(Cl)c3OC[C@H]2C1. The molecule has 1 aromatic carbocycles. The van der Waals surface area contributed by atoms with Gasteiger partial charge >= 0.3 is 0 Å². The van der Waals surface area contributed by atoms with Gasteiger partial charge in [0.2, 0.25) is 11.8 Å². The number of ether oxygens (including phenoxy) is 2. The highest BCUT2D eigenvalue weighted by atomic mass is 35.5. The van der Waals surface area contributed by atoms with Crippen molar-refractivity contribution in [2.75, 3.05) is 26.2 Å². The number of piperazine rings is 1. The first kappa shape index (κ1) is 28.7. The minimum atomic E-state index is -0.728. The van der Waals surface area contributed by atoms with Crippen molar-refractivity contribution in [1.29, 1.82) is 0 Å². The molecule has 2 aromatic rings. The van der Waals surface area contributed by atoms with Gasteiger partial charge in [0.05, 0.1) is 11.6 Å². The van der Waals surface area contributed by atoms with Crippen LogP contribution in [0.1, 0.15) is 56.8 Å². The molecule has 10 heteroatoms. The van der Waals surface area contributed by atoms with Gasteiger partial charge in [-0.1, -0.05) is 50.9 Å². The van der Waals surface area contributed by atoms with E-state index in [0.717, 1.165) is 25.7 Å². The first-order valence-corrected chi connectivity index (χ1v) is 13.8. The van der Waals surface area contributed by atoms with Crippen LogP contribution in [0.4, 0.5) is 4.39 Å². The highest BCUT2D eigenvalue weighted by Crippen LogP contribution is 2.46. The third-order valence-corrected chi connectivity index (χ3v) is 7.78. The van der Waals surface area contributed by atoms with Crippen LogP contribution in [0.3, 0.4) is 0 Å². The molecule has 2 aliphatic heterocycles. The molecule has 3 heterocycles. The third kappa shape index (κ3) is 5.69. The zero-order chi connectivity index (χ0) is 28.3. The Kier molecular flexibility index (Phi) is 9.00. The second kappa shape index (κ2) is 12.2. The second-order valence-corrected chi connectivity index (χ2v) is 10.4. The number of phenolic OH excluding ortho intramolecular Hbond substituents is 1. The molecule has 0 radical (unpaired) electrons. The van der Waals surface area contributed by atoms with Gasteiger partial charge in [0, 0.05) is 19.6 Å². The minimum Gasteiger partial charge on any atom is -0.507 e. The maximum atomic E-state index is 15.0. The Hall–Kier alpha value is -3.33. The molecule has 0 aliphatic carbocycles. The molecule has 0 saturated carbocycles. The first-order chi connectivity index (χ1) is 18.7. The predicted molar refractivity (Wildman–Crippen MR) is 147 cm³/mol. The van der Waals surface area contributed by atoms with E-state index in [9.17, 15) is 19.1 Å². The summed E-state index contributed by atoms with van der Waals surface area (Å²) in [5.74, 6) is -1.48. The van der Waals surface area contributed by atoms with Crippen molar-refractivity contribution in [1.82, 2.24) is 14.8 Å². The summed E-state index contributed by atoms with van der Waals surface area (Å²) in [7, 11) is 0. The topological polar surface area (TPSA) is 92.2 Å². The molecule has 1 fully saturated rings. The van der Waals surface area contributed by atoms with E-state index in [1.54, 1.807) is 9.80 Å². The molecule has 1 unspecified atom stereocenters. The number of pyridine rings is 1. The largest absolute Gasteiger partial charge is 0.507 e. The number of amides is 2. The third-order valence-electron chi connectivity index (χ3n) is 7.43. The van der Waals surface area contributed by atoms with Gasteiger partial charge in [0.1, 0.15) is 40.6 Å². The number of carbonyl (C=O) groups excluding carboxylic acids is 2. The van der Waals surface area contributed by atoms with Gasteiger partial charge in [0.25, 0.3) is 5.91 Å². The summed E-state index contributed by atoms with van der Waals surface area (Å²) >= 11 is 6.74. The Morgan fingerprint density at radius 3 is 2.67 bits per heavy atom. The Bertz CT molecular complexity index is 1230. The summed E-state index contributed by atoms with van der Waals surface area (Å²) in [6.45, 7) is 10.6.